The van der Waals surface area contributed by atoms with E-state index in [1.54, 1.807) is 30.3 Å². The molecule has 3 aromatic rings. The van der Waals surface area contributed by atoms with Crippen molar-refractivity contribution in [3.05, 3.63) is 87.0 Å². The van der Waals surface area contributed by atoms with Crippen molar-refractivity contribution in [3.63, 3.8) is 0 Å². The third-order valence-corrected chi connectivity index (χ3v) is 7.31. The van der Waals surface area contributed by atoms with Gasteiger partial charge in [0.05, 0.1) is 15.6 Å². The molecule has 0 spiro atoms. The summed E-state index contributed by atoms with van der Waals surface area (Å²) in [5.41, 5.74) is 5.59. The Morgan fingerprint density at radius 1 is 1.06 bits per heavy atom. The molecule has 6 nitrogen and oxygen atoms in total. The highest BCUT2D eigenvalue weighted by Gasteiger charge is 2.36. The van der Waals surface area contributed by atoms with Crippen molar-refractivity contribution in [2.75, 3.05) is 11.9 Å². The van der Waals surface area contributed by atoms with Crippen LogP contribution in [0.15, 0.2) is 59.5 Å². The molecule has 2 heterocycles. The van der Waals surface area contributed by atoms with E-state index in [1.165, 1.54) is 5.56 Å². The van der Waals surface area contributed by atoms with Gasteiger partial charge in [0.25, 0.3) is 11.1 Å². The minimum Gasteiger partial charge on any atom is -0.323 e. The summed E-state index contributed by atoms with van der Waals surface area (Å²) in [5.74, 6) is -0.984. The number of carbonyl (C=O) groups is 3. The lowest BCUT2D eigenvalue weighted by atomic mass is 9.87. The minimum absolute atomic E-state index is 0.0671. The van der Waals surface area contributed by atoms with Gasteiger partial charge in [-0.3, -0.25) is 19.3 Å². The van der Waals surface area contributed by atoms with E-state index in [2.05, 4.69) is 54.9 Å². The standard InChI is InChI=1S/C28H28ClN3O3S/c1-17-14-19(18(2)32(17)21-12-10-20(11-13-21)28(3,4)5)15-24-26(34)31(27(35)36-24)16-25(33)30-23-9-7-6-8-22(23)29/h6-15H,16H2,1-5H3,(H,30,33)/b24-15+. The fourth-order valence-corrected chi connectivity index (χ4v) is 5.13. The number of carbonyl (C=O) groups excluding carboxylic acids is 3. The summed E-state index contributed by atoms with van der Waals surface area (Å²) in [6, 6.07) is 17.2. The minimum atomic E-state index is -0.497. The predicted molar refractivity (Wildman–Crippen MR) is 147 cm³/mol. The van der Waals surface area contributed by atoms with Crippen LogP contribution in [0.5, 0.6) is 0 Å². The summed E-state index contributed by atoms with van der Waals surface area (Å²) in [7, 11) is 0. The average molecular weight is 522 g/mol. The average Bonchev–Trinajstić information content (AvgIpc) is 3.24. The molecule has 0 atom stereocenters. The predicted octanol–water partition coefficient (Wildman–Crippen LogP) is 6.72. The number of aromatic nitrogens is 1. The molecule has 0 saturated carbocycles. The van der Waals surface area contributed by atoms with Gasteiger partial charge < -0.3 is 9.88 Å². The fourth-order valence-electron chi connectivity index (χ4n) is 4.12. The Hall–Kier alpha value is -3.29. The number of amides is 3. The third-order valence-electron chi connectivity index (χ3n) is 6.07. The largest absolute Gasteiger partial charge is 0.323 e. The van der Waals surface area contributed by atoms with Gasteiger partial charge in [-0.15, -0.1) is 0 Å². The number of aryl methyl sites for hydroxylation is 1. The second-order valence-electron chi connectivity index (χ2n) is 9.75. The monoisotopic (exact) mass is 521 g/mol. The molecule has 1 N–H and O–H groups in total. The summed E-state index contributed by atoms with van der Waals surface area (Å²) >= 11 is 6.92. The molecule has 0 unspecified atom stereocenters. The number of para-hydroxylation sites is 1. The molecule has 0 aliphatic carbocycles. The Morgan fingerprint density at radius 3 is 2.36 bits per heavy atom. The maximum absolute atomic E-state index is 13.0. The Bertz CT molecular complexity index is 1380. The molecule has 1 aromatic heterocycles. The smallest absolute Gasteiger partial charge is 0.294 e. The molecule has 1 aliphatic rings. The van der Waals surface area contributed by atoms with Crippen molar-refractivity contribution in [2.24, 2.45) is 0 Å². The van der Waals surface area contributed by atoms with Crippen molar-refractivity contribution < 1.29 is 14.4 Å². The zero-order chi connectivity index (χ0) is 26.2. The second-order valence-corrected chi connectivity index (χ2v) is 11.2. The second kappa shape index (κ2) is 9.99. The molecule has 8 heteroatoms. The van der Waals surface area contributed by atoms with Crippen LogP contribution < -0.4 is 5.32 Å². The van der Waals surface area contributed by atoms with Crippen molar-refractivity contribution >= 4 is 52.2 Å². The Morgan fingerprint density at radius 2 is 1.72 bits per heavy atom. The Balaban J connectivity index is 1.53. The van der Waals surface area contributed by atoms with Gasteiger partial charge in [0, 0.05) is 17.1 Å². The zero-order valence-corrected chi connectivity index (χ0v) is 22.5. The number of halogens is 1. The van der Waals surface area contributed by atoms with Gasteiger partial charge in [-0.1, -0.05) is 56.6 Å². The molecule has 2 aromatic carbocycles. The first-order chi connectivity index (χ1) is 17.0. The van der Waals surface area contributed by atoms with E-state index in [9.17, 15) is 14.4 Å². The lowest BCUT2D eigenvalue weighted by molar-refractivity contribution is -0.127. The van der Waals surface area contributed by atoms with E-state index < -0.39 is 17.1 Å². The molecule has 186 valence electrons. The number of anilines is 1. The van der Waals surface area contributed by atoms with E-state index >= 15 is 0 Å². The molecule has 4 rings (SSSR count). The number of rotatable bonds is 5. The quantitative estimate of drug-likeness (QED) is 0.378. The molecule has 3 amide bonds. The highest BCUT2D eigenvalue weighted by molar-refractivity contribution is 8.18. The first kappa shape index (κ1) is 25.8. The first-order valence-electron chi connectivity index (χ1n) is 11.6. The fraction of sp³-hybridized carbons (Fsp3) is 0.250. The lowest BCUT2D eigenvalue weighted by Crippen LogP contribution is -2.36. The van der Waals surface area contributed by atoms with E-state index in [0.717, 1.165) is 39.3 Å². The highest BCUT2D eigenvalue weighted by Crippen LogP contribution is 2.34. The van der Waals surface area contributed by atoms with Gasteiger partial charge in [-0.25, -0.2) is 0 Å². The zero-order valence-electron chi connectivity index (χ0n) is 20.9. The van der Waals surface area contributed by atoms with Crippen LogP contribution in [0.4, 0.5) is 10.5 Å². The maximum atomic E-state index is 13.0. The van der Waals surface area contributed by atoms with Gasteiger partial charge in [0.15, 0.2) is 0 Å². The van der Waals surface area contributed by atoms with Gasteiger partial charge in [-0.2, -0.15) is 0 Å². The van der Waals surface area contributed by atoms with E-state index in [0.29, 0.717) is 10.7 Å². The van der Waals surface area contributed by atoms with Gasteiger partial charge in [0.1, 0.15) is 6.54 Å². The number of hydrogen-bond donors (Lipinski definition) is 1. The molecular weight excluding hydrogens is 494 g/mol. The highest BCUT2D eigenvalue weighted by atomic mass is 35.5. The van der Waals surface area contributed by atoms with Crippen molar-refractivity contribution in [2.45, 2.75) is 40.0 Å². The summed E-state index contributed by atoms with van der Waals surface area (Å²) in [6.45, 7) is 10.1. The van der Waals surface area contributed by atoms with Crippen LogP contribution in [0.1, 0.15) is 43.3 Å². The summed E-state index contributed by atoms with van der Waals surface area (Å²) in [6.07, 6.45) is 1.72. The summed E-state index contributed by atoms with van der Waals surface area (Å²) in [5, 5.41) is 2.54. The molecule has 36 heavy (non-hydrogen) atoms. The van der Waals surface area contributed by atoms with Gasteiger partial charge in [-0.05, 0) is 78.6 Å². The molecular formula is C28H28ClN3O3S. The number of nitrogens with one attached hydrogen (secondary N) is 1. The van der Waals surface area contributed by atoms with Crippen LogP contribution in [-0.4, -0.2) is 33.1 Å². The Kier molecular flexibility index (Phi) is 7.16. The van der Waals surface area contributed by atoms with Crippen molar-refractivity contribution in [3.8, 4) is 5.69 Å². The maximum Gasteiger partial charge on any atom is 0.294 e. The number of hydrogen-bond acceptors (Lipinski definition) is 4. The van der Waals surface area contributed by atoms with E-state index in [4.69, 9.17) is 11.6 Å². The van der Waals surface area contributed by atoms with Crippen LogP contribution in [0.25, 0.3) is 11.8 Å². The SMILES string of the molecule is Cc1cc(/C=C2/SC(=O)N(CC(=O)Nc3ccccc3Cl)C2=O)c(C)n1-c1ccc(C(C)(C)C)cc1. The molecule has 1 fully saturated rings. The summed E-state index contributed by atoms with van der Waals surface area (Å²) < 4.78 is 2.12. The Labute approximate surface area is 220 Å². The topological polar surface area (TPSA) is 71.4 Å². The van der Waals surface area contributed by atoms with Crippen molar-refractivity contribution in [1.82, 2.24) is 9.47 Å². The van der Waals surface area contributed by atoms with Crippen molar-refractivity contribution in [1.29, 1.82) is 0 Å². The molecule has 1 saturated heterocycles. The number of benzene rings is 2. The normalized spacial score (nSPS) is 15.2. The first-order valence-corrected chi connectivity index (χ1v) is 12.7. The third kappa shape index (κ3) is 5.27. The molecule has 1 aliphatic heterocycles. The van der Waals surface area contributed by atoms with E-state index in [1.807, 2.05) is 19.9 Å². The number of nitrogens with zero attached hydrogens (tertiary/aromatic N) is 2. The van der Waals surface area contributed by atoms with Crippen LogP contribution in [-0.2, 0) is 15.0 Å². The number of imide groups is 1. The number of thioether (sulfide) groups is 1. The van der Waals surface area contributed by atoms with Crippen LogP contribution in [0.2, 0.25) is 5.02 Å². The van der Waals surface area contributed by atoms with Gasteiger partial charge >= 0.3 is 0 Å². The van der Waals surface area contributed by atoms with Crippen LogP contribution >= 0.6 is 23.4 Å². The van der Waals surface area contributed by atoms with E-state index in [-0.39, 0.29) is 16.9 Å². The lowest BCUT2D eigenvalue weighted by Gasteiger charge is -2.20. The molecule has 0 radical (unpaired) electrons. The van der Waals surface area contributed by atoms with Crippen LogP contribution in [0.3, 0.4) is 0 Å². The van der Waals surface area contributed by atoms with Crippen LogP contribution in [0, 0.1) is 13.8 Å². The molecule has 0 bridgehead atoms. The van der Waals surface area contributed by atoms with Gasteiger partial charge in [0.2, 0.25) is 5.91 Å². The summed E-state index contributed by atoms with van der Waals surface area (Å²) in [4.78, 5) is 39.2.